The topological polar surface area (TPSA) is 62.6 Å². The van der Waals surface area contributed by atoms with Gasteiger partial charge in [0, 0.05) is 35.3 Å². The van der Waals surface area contributed by atoms with Crippen molar-refractivity contribution in [1.82, 2.24) is 10.2 Å². The number of nitrogens with zero attached hydrogens (tertiary/aromatic N) is 1. The first-order chi connectivity index (χ1) is 15.5. The Balaban J connectivity index is 1.63. The Bertz CT molecular complexity index is 1150. The number of benzene rings is 2. The number of halogens is 2. The summed E-state index contributed by atoms with van der Waals surface area (Å²) in [5.41, 5.74) is 1.33. The molecule has 0 bridgehead atoms. The Morgan fingerprint density at radius 3 is 2.41 bits per heavy atom. The number of hydrogen-bond acceptors (Lipinski definition) is 3. The summed E-state index contributed by atoms with van der Waals surface area (Å²) >= 11 is 12.3. The number of carbonyl (C=O) groups excluding carboxylic acids is 2. The maximum Gasteiger partial charge on any atom is 0.270 e. The minimum Gasteiger partial charge on any atom is -0.457 e. The first-order valence-corrected chi connectivity index (χ1v) is 11.2. The summed E-state index contributed by atoms with van der Waals surface area (Å²) in [6.07, 6.45) is 4.56. The number of rotatable bonds is 5. The average Bonchev–Trinajstić information content (AvgIpc) is 3.27. The predicted molar refractivity (Wildman–Crippen MR) is 126 cm³/mol. The third-order valence-electron chi connectivity index (χ3n) is 5.27. The molecular weight excluding hydrogens is 447 g/mol. The van der Waals surface area contributed by atoms with Crippen LogP contribution in [-0.2, 0) is 4.79 Å². The molecule has 1 saturated heterocycles. The van der Waals surface area contributed by atoms with Crippen LogP contribution in [0.3, 0.4) is 0 Å². The van der Waals surface area contributed by atoms with E-state index in [1.165, 1.54) is 0 Å². The van der Waals surface area contributed by atoms with Gasteiger partial charge in [-0.05, 0) is 61.7 Å². The van der Waals surface area contributed by atoms with Crippen LogP contribution < -0.4 is 5.32 Å². The van der Waals surface area contributed by atoms with Gasteiger partial charge in [-0.1, -0.05) is 41.4 Å². The molecule has 164 valence electrons. The van der Waals surface area contributed by atoms with E-state index in [-0.39, 0.29) is 17.5 Å². The van der Waals surface area contributed by atoms with Crippen molar-refractivity contribution < 1.29 is 14.0 Å². The molecule has 0 unspecified atom stereocenters. The summed E-state index contributed by atoms with van der Waals surface area (Å²) < 4.78 is 5.92. The first-order valence-electron chi connectivity index (χ1n) is 10.4. The molecule has 2 heterocycles. The van der Waals surface area contributed by atoms with E-state index in [1.807, 2.05) is 6.07 Å². The summed E-state index contributed by atoms with van der Waals surface area (Å²) in [5.74, 6) is 0.392. The first kappa shape index (κ1) is 22.2. The van der Waals surface area contributed by atoms with Crippen LogP contribution in [0.15, 0.2) is 70.8 Å². The fourth-order valence-electron chi connectivity index (χ4n) is 3.61. The van der Waals surface area contributed by atoms with Crippen molar-refractivity contribution >= 4 is 41.1 Å². The van der Waals surface area contributed by atoms with Crippen LogP contribution in [0, 0.1) is 0 Å². The molecule has 1 aliphatic heterocycles. The van der Waals surface area contributed by atoms with Gasteiger partial charge in [0.1, 0.15) is 17.2 Å². The minimum absolute atomic E-state index is 0.170. The molecule has 0 aliphatic carbocycles. The molecule has 1 aromatic heterocycles. The Morgan fingerprint density at radius 1 is 0.938 bits per heavy atom. The molecular formula is C25H22Cl2N2O3. The highest BCUT2D eigenvalue weighted by atomic mass is 35.5. The zero-order chi connectivity index (χ0) is 22.5. The van der Waals surface area contributed by atoms with Crippen molar-refractivity contribution in [3.8, 4) is 11.3 Å². The summed E-state index contributed by atoms with van der Waals surface area (Å²) in [7, 11) is 0. The van der Waals surface area contributed by atoms with Crippen LogP contribution >= 0.6 is 23.2 Å². The number of amides is 2. The molecule has 2 aromatic carbocycles. The Labute approximate surface area is 196 Å². The van der Waals surface area contributed by atoms with Crippen molar-refractivity contribution in [3.63, 3.8) is 0 Å². The van der Waals surface area contributed by atoms with E-state index < -0.39 is 0 Å². The molecule has 1 aliphatic rings. The van der Waals surface area contributed by atoms with E-state index >= 15 is 0 Å². The van der Waals surface area contributed by atoms with Gasteiger partial charge in [-0.15, -0.1) is 0 Å². The lowest BCUT2D eigenvalue weighted by molar-refractivity contribution is -0.128. The summed E-state index contributed by atoms with van der Waals surface area (Å²) in [6, 6.07) is 17.4. The van der Waals surface area contributed by atoms with E-state index in [1.54, 1.807) is 65.6 Å². The summed E-state index contributed by atoms with van der Waals surface area (Å²) in [6.45, 7) is 1.34. The lowest BCUT2D eigenvalue weighted by Gasteiger charge is -2.27. The lowest BCUT2D eigenvalue weighted by Crippen LogP contribution is -2.41. The summed E-state index contributed by atoms with van der Waals surface area (Å²) in [4.78, 5) is 27.7. The van der Waals surface area contributed by atoms with E-state index in [9.17, 15) is 9.59 Å². The highest BCUT2D eigenvalue weighted by Crippen LogP contribution is 2.32. The number of furan rings is 1. The Hall–Kier alpha value is -3.02. The molecule has 0 atom stereocenters. The van der Waals surface area contributed by atoms with Crippen LogP contribution in [0.5, 0.6) is 0 Å². The SMILES string of the molecule is O=C(N/C(=C\c1ccc(-c2ccc(Cl)cc2Cl)o1)C(=O)N1CCCCC1)c1ccccc1. The molecule has 3 aromatic rings. The molecule has 5 nitrogen and oxygen atoms in total. The maximum atomic E-state index is 13.2. The van der Waals surface area contributed by atoms with Gasteiger partial charge in [-0.25, -0.2) is 0 Å². The minimum atomic E-state index is -0.352. The fraction of sp³-hybridized carbons (Fsp3) is 0.200. The second kappa shape index (κ2) is 10.1. The van der Waals surface area contributed by atoms with Crippen molar-refractivity contribution in [2.75, 3.05) is 13.1 Å². The number of carbonyl (C=O) groups is 2. The summed E-state index contributed by atoms with van der Waals surface area (Å²) in [5, 5.41) is 3.77. The van der Waals surface area contributed by atoms with Gasteiger partial charge in [0.15, 0.2) is 0 Å². The molecule has 0 spiro atoms. The maximum absolute atomic E-state index is 13.2. The third kappa shape index (κ3) is 5.23. The highest BCUT2D eigenvalue weighted by Gasteiger charge is 2.23. The number of nitrogens with one attached hydrogen (secondary N) is 1. The number of piperidine rings is 1. The monoisotopic (exact) mass is 468 g/mol. The number of likely N-dealkylation sites (tertiary alicyclic amines) is 1. The average molecular weight is 469 g/mol. The van der Waals surface area contributed by atoms with Gasteiger partial charge in [-0.2, -0.15) is 0 Å². The Kier molecular flexibility index (Phi) is 6.98. The van der Waals surface area contributed by atoms with Gasteiger partial charge in [0.2, 0.25) is 0 Å². The largest absolute Gasteiger partial charge is 0.457 e. The normalized spacial score (nSPS) is 14.3. The molecule has 0 saturated carbocycles. The zero-order valence-electron chi connectivity index (χ0n) is 17.3. The van der Waals surface area contributed by atoms with Gasteiger partial charge in [-0.3, -0.25) is 9.59 Å². The lowest BCUT2D eigenvalue weighted by atomic mass is 10.1. The van der Waals surface area contributed by atoms with Crippen LogP contribution in [-0.4, -0.2) is 29.8 Å². The molecule has 2 amide bonds. The highest BCUT2D eigenvalue weighted by molar-refractivity contribution is 6.36. The van der Waals surface area contributed by atoms with Crippen molar-refractivity contribution in [1.29, 1.82) is 0 Å². The van der Waals surface area contributed by atoms with Gasteiger partial charge < -0.3 is 14.6 Å². The second-order valence-corrected chi connectivity index (χ2v) is 8.40. The molecule has 1 N–H and O–H groups in total. The van der Waals surface area contributed by atoms with Crippen molar-refractivity contribution in [2.24, 2.45) is 0 Å². The fourth-order valence-corrected chi connectivity index (χ4v) is 4.11. The van der Waals surface area contributed by atoms with Crippen LogP contribution in [0.1, 0.15) is 35.4 Å². The second-order valence-electron chi connectivity index (χ2n) is 7.56. The molecule has 0 radical (unpaired) electrons. The van der Waals surface area contributed by atoms with E-state index in [0.717, 1.165) is 19.3 Å². The van der Waals surface area contributed by atoms with Crippen molar-refractivity contribution in [2.45, 2.75) is 19.3 Å². The molecule has 7 heteroatoms. The van der Waals surface area contributed by atoms with Crippen LogP contribution in [0.2, 0.25) is 10.0 Å². The molecule has 4 rings (SSSR count). The van der Waals surface area contributed by atoms with E-state index in [4.69, 9.17) is 27.6 Å². The zero-order valence-corrected chi connectivity index (χ0v) is 18.8. The smallest absolute Gasteiger partial charge is 0.270 e. The third-order valence-corrected chi connectivity index (χ3v) is 5.82. The molecule has 1 fully saturated rings. The quantitative estimate of drug-likeness (QED) is 0.464. The number of hydrogen-bond donors (Lipinski definition) is 1. The van der Waals surface area contributed by atoms with E-state index in [2.05, 4.69) is 5.32 Å². The van der Waals surface area contributed by atoms with Crippen molar-refractivity contribution in [3.05, 3.63) is 87.7 Å². The van der Waals surface area contributed by atoms with Crippen LogP contribution in [0.25, 0.3) is 17.4 Å². The van der Waals surface area contributed by atoms with E-state index in [0.29, 0.717) is 45.8 Å². The van der Waals surface area contributed by atoms with Gasteiger partial charge in [0.25, 0.3) is 11.8 Å². The Morgan fingerprint density at radius 2 is 1.69 bits per heavy atom. The van der Waals surface area contributed by atoms with Gasteiger partial charge >= 0.3 is 0 Å². The standard InChI is InChI=1S/C25H22Cl2N2O3/c26-18-9-11-20(21(27)15-18)23-12-10-19(32-23)16-22(25(31)29-13-5-2-6-14-29)28-24(30)17-7-3-1-4-8-17/h1,3-4,7-12,15-16H,2,5-6,13-14H2,(H,28,30)/b22-16-. The predicted octanol–water partition coefficient (Wildman–Crippen LogP) is 6.04. The van der Waals surface area contributed by atoms with Crippen LogP contribution in [0.4, 0.5) is 0 Å². The molecule has 32 heavy (non-hydrogen) atoms. The van der Waals surface area contributed by atoms with Gasteiger partial charge in [0.05, 0.1) is 5.02 Å².